The maximum atomic E-state index is 12.0. The van der Waals surface area contributed by atoms with E-state index in [4.69, 9.17) is 5.73 Å². The summed E-state index contributed by atoms with van der Waals surface area (Å²) in [5.41, 5.74) is 6.67. The topological polar surface area (TPSA) is 68.9 Å². The summed E-state index contributed by atoms with van der Waals surface area (Å²) in [5, 5.41) is 8.10. The highest BCUT2D eigenvalue weighted by Gasteiger charge is 2.16. The van der Waals surface area contributed by atoms with Crippen molar-refractivity contribution in [2.45, 2.75) is 4.34 Å². The van der Waals surface area contributed by atoms with Gasteiger partial charge in [-0.15, -0.1) is 10.2 Å². The lowest BCUT2D eigenvalue weighted by Crippen LogP contribution is -2.04. The van der Waals surface area contributed by atoms with Crippen LogP contribution in [0.1, 0.15) is 15.4 Å². The molecule has 0 saturated heterocycles. The van der Waals surface area contributed by atoms with Crippen LogP contribution in [0.25, 0.3) is 0 Å². The highest BCUT2D eigenvalue weighted by molar-refractivity contribution is 8.00. The number of para-hydroxylation sites is 1. The van der Waals surface area contributed by atoms with Crippen molar-refractivity contribution in [3.63, 3.8) is 0 Å². The monoisotopic (exact) mass is 251 g/mol. The molecule has 0 aliphatic heterocycles. The number of aromatic nitrogens is 2. The van der Waals surface area contributed by atoms with E-state index in [0.717, 1.165) is 4.34 Å². The van der Waals surface area contributed by atoms with Crippen LogP contribution in [0.5, 0.6) is 0 Å². The van der Waals surface area contributed by atoms with E-state index in [1.54, 1.807) is 24.3 Å². The summed E-state index contributed by atoms with van der Waals surface area (Å²) >= 11 is 2.75. The minimum Gasteiger partial charge on any atom is -0.398 e. The van der Waals surface area contributed by atoms with Crippen molar-refractivity contribution in [3.8, 4) is 0 Å². The predicted molar refractivity (Wildman–Crippen MR) is 66.0 cm³/mol. The molecule has 2 aromatic rings. The number of nitrogens with two attached hydrogens (primary N) is 1. The van der Waals surface area contributed by atoms with E-state index in [0.29, 0.717) is 16.3 Å². The molecule has 6 heteroatoms. The Balaban J connectivity index is 2.35. The van der Waals surface area contributed by atoms with E-state index < -0.39 is 0 Å². The lowest BCUT2D eigenvalue weighted by Gasteiger charge is -2.00. The van der Waals surface area contributed by atoms with Crippen LogP contribution in [0.4, 0.5) is 5.69 Å². The van der Waals surface area contributed by atoms with Gasteiger partial charge in [0.15, 0.2) is 9.35 Å². The molecule has 0 bridgehead atoms. The SMILES string of the molecule is CSc1nnc(C(=O)c2ccccc2N)s1. The summed E-state index contributed by atoms with van der Waals surface area (Å²) in [6.07, 6.45) is 1.89. The Kier molecular flexibility index (Phi) is 3.21. The van der Waals surface area contributed by atoms with E-state index >= 15 is 0 Å². The van der Waals surface area contributed by atoms with Gasteiger partial charge in [0.05, 0.1) is 0 Å². The Hall–Kier alpha value is -1.40. The summed E-state index contributed by atoms with van der Waals surface area (Å²) < 4.78 is 0.776. The van der Waals surface area contributed by atoms with Crippen molar-refractivity contribution in [2.75, 3.05) is 12.0 Å². The van der Waals surface area contributed by atoms with Crippen LogP contribution in [0, 0.1) is 0 Å². The zero-order chi connectivity index (χ0) is 11.5. The second-order valence-electron chi connectivity index (χ2n) is 2.99. The summed E-state index contributed by atoms with van der Waals surface area (Å²) in [5.74, 6) is -0.170. The van der Waals surface area contributed by atoms with Gasteiger partial charge in [-0.3, -0.25) is 4.79 Å². The Morgan fingerprint density at radius 2 is 2.12 bits per heavy atom. The lowest BCUT2D eigenvalue weighted by molar-refractivity contribution is 0.103. The number of hydrogen-bond acceptors (Lipinski definition) is 6. The van der Waals surface area contributed by atoms with Crippen LogP contribution in [0.15, 0.2) is 28.6 Å². The van der Waals surface area contributed by atoms with Crippen LogP contribution in [-0.4, -0.2) is 22.2 Å². The van der Waals surface area contributed by atoms with Gasteiger partial charge in [0.2, 0.25) is 5.78 Å². The quantitative estimate of drug-likeness (QED) is 0.514. The van der Waals surface area contributed by atoms with Gasteiger partial charge in [-0.2, -0.15) is 0 Å². The van der Waals surface area contributed by atoms with E-state index in [1.807, 2.05) is 6.26 Å². The van der Waals surface area contributed by atoms with E-state index in [2.05, 4.69) is 10.2 Å². The highest BCUT2D eigenvalue weighted by Crippen LogP contribution is 2.23. The number of ketones is 1. The predicted octanol–water partition coefficient (Wildman–Crippen LogP) is 2.07. The minimum atomic E-state index is -0.170. The molecule has 0 atom stereocenters. The van der Waals surface area contributed by atoms with Crippen molar-refractivity contribution in [2.24, 2.45) is 0 Å². The number of benzene rings is 1. The van der Waals surface area contributed by atoms with Gasteiger partial charge in [-0.05, 0) is 18.4 Å². The van der Waals surface area contributed by atoms with Crippen LogP contribution >= 0.6 is 23.1 Å². The number of thioether (sulfide) groups is 1. The average Bonchev–Trinajstić information content (AvgIpc) is 2.77. The Labute approximate surface area is 101 Å². The van der Waals surface area contributed by atoms with Gasteiger partial charge < -0.3 is 5.73 Å². The van der Waals surface area contributed by atoms with Gasteiger partial charge in [0.1, 0.15) is 0 Å². The number of carbonyl (C=O) groups is 1. The van der Waals surface area contributed by atoms with Crippen molar-refractivity contribution < 1.29 is 4.79 Å². The number of nitrogen functional groups attached to an aromatic ring is 1. The highest BCUT2D eigenvalue weighted by atomic mass is 32.2. The number of hydrogen-bond donors (Lipinski definition) is 1. The minimum absolute atomic E-state index is 0.170. The Bertz CT molecular complexity index is 524. The average molecular weight is 251 g/mol. The molecule has 1 heterocycles. The van der Waals surface area contributed by atoms with E-state index in [9.17, 15) is 4.79 Å². The zero-order valence-electron chi connectivity index (χ0n) is 8.51. The first-order chi connectivity index (χ1) is 7.72. The number of carbonyl (C=O) groups excluding carboxylic acids is 1. The second kappa shape index (κ2) is 4.63. The van der Waals surface area contributed by atoms with Crippen molar-refractivity contribution in [1.29, 1.82) is 0 Å². The van der Waals surface area contributed by atoms with E-state index in [-0.39, 0.29) is 5.78 Å². The molecule has 82 valence electrons. The van der Waals surface area contributed by atoms with Crippen molar-refractivity contribution in [3.05, 3.63) is 34.8 Å². The molecule has 0 radical (unpaired) electrons. The first kappa shape index (κ1) is 11.1. The molecule has 2 rings (SSSR count). The third-order valence-electron chi connectivity index (χ3n) is 1.98. The largest absolute Gasteiger partial charge is 0.398 e. The van der Waals surface area contributed by atoms with Crippen LogP contribution in [0.2, 0.25) is 0 Å². The number of nitrogens with zero attached hydrogens (tertiary/aromatic N) is 2. The molecule has 0 spiro atoms. The zero-order valence-corrected chi connectivity index (χ0v) is 10.1. The van der Waals surface area contributed by atoms with Gasteiger partial charge in [-0.25, -0.2) is 0 Å². The Morgan fingerprint density at radius 3 is 2.75 bits per heavy atom. The summed E-state index contributed by atoms with van der Waals surface area (Å²) in [4.78, 5) is 12.0. The second-order valence-corrected chi connectivity index (χ2v) is 5.02. The number of rotatable bonds is 3. The molecule has 0 aliphatic rings. The molecule has 0 unspecified atom stereocenters. The van der Waals surface area contributed by atoms with Crippen molar-refractivity contribution >= 4 is 34.6 Å². The molecule has 4 nitrogen and oxygen atoms in total. The number of anilines is 1. The van der Waals surface area contributed by atoms with Crippen LogP contribution < -0.4 is 5.73 Å². The van der Waals surface area contributed by atoms with Gasteiger partial charge in [-0.1, -0.05) is 35.2 Å². The molecule has 1 aromatic carbocycles. The maximum absolute atomic E-state index is 12.0. The molecular formula is C10H9N3OS2. The molecule has 0 aliphatic carbocycles. The van der Waals surface area contributed by atoms with Gasteiger partial charge in [0.25, 0.3) is 0 Å². The van der Waals surface area contributed by atoms with Crippen molar-refractivity contribution in [1.82, 2.24) is 10.2 Å². The lowest BCUT2D eigenvalue weighted by atomic mass is 10.1. The Morgan fingerprint density at radius 1 is 1.38 bits per heavy atom. The molecule has 2 N–H and O–H groups in total. The molecule has 0 fully saturated rings. The fourth-order valence-electron chi connectivity index (χ4n) is 1.20. The standard InChI is InChI=1S/C10H9N3OS2/c1-15-10-13-12-9(16-10)8(14)6-4-2-3-5-7(6)11/h2-5H,11H2,1H3. The maximum Gasteiger partial charge on any atom is 0.225 e. The van der Waals surface area contributed by atoms with Gasteiger partial charge >= 0.3 is 0 Å². The smallest absolute Gasteiger partial charge is 0.225 e. The summed E-state index contributed by atoms with van der Waals surface area (Å²) in [7, 11) is 0. The summed E-state index contributed by atoms with van der Waals surface area (Å²) in [6.45, 7) is 0. The fourth-order valence-corrected chi connectivity index (χ4v) is 2.43. The molecule has 1 aromatic heterocycles. The third kappa shape index (κ3) is 2.07. The fraction of sp³-hybridized carbons (Fsp3) is 0.100. The first-order valence-corrected chi connectivity index (χ1v) is 6.53. The van der Waals surface area contributed by atoms with Crippen LogP contribution in [0.3, 0.4) is 0 Å². The van der Waals surface area contributed by atoms with Crippen LogP contribution in [-0.2, 0) is 0 Å². The molecule has 16 heavy (non-hydrogen) atoms. The third-order valence-corrected chi connectivity index (χ3v) is 3.88. The van der Waals surface area contributed by atoms with E-state index in [1.165, 1.54) is 23.1 Å². The first-order valence-electron chi connectivity index (χ1n) is 4.49. The normalized spacial score (nSPS) is 10.3. The molecular weight excluding hydrogens is 242 g/mol. The molecule has 0 amide bonds. The molecule has 0 saturated carbocycles. The van der Waals surface area contributed by atoms with Gasteiger partial charge in [0, 0.05) is 11.3 Å². The summed E-state index contributed by atoms with van der Waals surface area (Å²) in [6, 6.07) is 6.96.